The summed E-state index contributed by atoms with van der Waals surface area (Å²) in [5.74, 6) is 0.794. The summed E-state index contributed by atoms with van der Waals surface area (Å²) in [6.07, 6.45) is 4.90. The molecule has 0 aromatic rings. The van der Waals surface area contributed by atoms with Gasteiger partial charge in [-0.25, -0.2) is 0 Å². The molecule has 0 rings (SSSR count). The maximum absolute atomic E-state index is 6.03. The first-order chi connectivity index (χ1) is 6.06. The third kappa shape index (κ3) is 8.26. The Labute approximate surface area is 83.5 Å². The number of hydrogen-bond donors (Lipinski definition) is 1. The van der Waals surface area contributed by atoms with Crippen molar-refractivity contribution in [3.63, 3.8) is 0 Å². The second kappa shape index (κ2) is 7.34. The fraction of sp³-hybridized carbons (Fsp3) is 1.00. The fourth-order valence-corrected chi connectivity index (χ4v) is 1.67. The van der Waals surface area contributed by atoms with Crippen molar-refractivity contribution in [2.45, 2.75) is 45.6 Å². The van der Waals surface area contributed by atoms with Crippen LogP contribution in [0.2, 0.25) is 0 Å². The molecule has 0 spiro atoms. The minimum absolute atomic E-state index is 0.393. The summed E-state index contributed by atoms with van der Waals surface area (Å²) in [6.45, 7) is 5.65. The Morgan fingerprint density at radius 3 is 2.31 bits per heavy atom. The van der Waals surface area contributed by atoms with Gasteiger partial charge in [0.1, 0.15) is 0 Å². The lowest BCUT2D eigenvalue weighted by Gasteiger charge is -2.18. The molecule has 2 nitrogen and oxygen atoms in total. The molecule has 0 heterocycles. The van der Waals surface area contributed by atoms with E-state index in [1.807, 2.05) is 0 Å². The molecule has 2 unspecified atom stereocenters. The van der Waals surface area contributed by atoms with Gasteiger partial charge >= 0.3 is 0 Å². The molecule has 0 bridgehead atoms. The van der Waals surface area contributed by atoms with Crippen LogP contribution < -0.4 is 5.73 Å². The Morgan fingerprint density at radius 1 is 1.23 bits per heavy atom. The van der Waals surface area contributed by atoms with E-state index in [4.69, 9.17) is 5.73 Å². The Hall–Kier alpha value is -0.0800. The standard InChI is InChI=1S/C11H26N2/c1-5-6-10(2)9-11(12)7-8-13(3)4/h10-11H,5-9,12H2,1-4H3. The summed E-state index contributed by atoms with van der Waals surface area (Å²) in [5.41, 5.74) is 6.03. The summed E-state index contributed by atoms with van der Waals surface area (Å²) >= 11 is 0. The van der Waals surface area contributed by atoms with Gasteiger partial charge in [0.25, 0.3) is 0 Å². The number of nitrogens with two attached hydrogens (primary N) is 1. The second-order valence-corrected chi connectivity index (χ2v) is 4.48. The Kier molecular flexibility index (Phi) is 7.29. The molecular formula is C11H26N2. The fourth-order valence-electron chi connectivity index (χ4n) is 1.67. The lowest BCUT2D eigenvalue weighted by atomic mass is 9.96. The summed E-state index contributed by atoms with van der Waals surface area (Å²) in [6, 6.07) is 0.393. The lowest BCUT2D eigenvalue weighted by Crippen LogP contribution is -2.27. The topological polar surface area (TPSA) is 29.3 Å². The van der Waals surface area contributed by atoms with Crippen LogP contribution in [0.4, 0.5) is 0 Å². The van der Waals surface area contributed by atoms with Gasteiger partial charge in [0.15, 0.2) is 0 Å². The van der Waals surface area contributed by atoms with Gasteiger partial charge in [-0.05, 0) is 39.4 Å². The average Bonchev–Trinajstić information content (AvgIpc) is 2.01. The van der Waals surface area contributed by atoms with Crippen LogP contribution in [0.5, 0.6) is 0 Å². The molecule has 0 aliphatic carbocycles. The maximum atomic E-state index is 6.03. The highest BCUT2D eigenvalue weighted by atomic mass is 15.0. The molecule has 0 aromatic carbocycles. The average molecular weight is 186 g/mol. The molecule has 0 saturated carbocycles. The number of nitrogens with zero attached hydrogens (tertiary/aromatic N) is 1. The van der Waals surface area contributed by atoms with Gasteiger partial charge in [-0.1, -0.05) is 26.7 Å². The maximum Gasteiger partial charge on any atom is 0.00535 e. The third-order valence-electron chi connectivity index (χ3n) is 2.43. The highest BCUT2D eigenvalue weighted by Gasteiger charge is 2.08. The van der Waals surface area contributed by atoms with Crippen molar-refractivity contribution < 1.29 is 0 Å². The Bertz CT molecular complexity index is 113. The van der Waals surface area contributed by atoms with Crippen LogP contribution in [0.25, 0.3) is 0 Å². The van der Waals surface area contributed by atoms with Crippen molar-refractivity contribution in [3.05, 3.63) is 0 Å². The summed E-state index contributed by atoms with van der Waals surface area (Å²) < 4.78 is 0. The van der Waals surface area contributed by atoms with E-state index < -0.39 is 0 Å². The minimum atomic E-state index is 0.393. The molecule has 0 fully saturated rings. The zero-order valence-electron chi connectivity index (χ0n) is 9.71. The van der Waals surface area contributed by atoms with Crippen molar-refractivity contribution >= 4 is 0 Å². The summed E-state index contributed by atoms with van der Waals surface area (Å²) in [7, 11) is 4.20. The molecule has 0 radical (unpaired) electrons. The second-order valence-electron chi connectivity index (χ2n) is 4.48. The molecule has 2 atom stereocenters. The van der Waals surface area contributed by atoms with Crippen LogP contribution in [-0.4, -0.2) is 31.6 Å². The van der Waals surface area contributed by atoms with Crippen molar-refractivity contribution in [2.75, 3.05) is 20.6 Å². The van der Waals surface area contributed by atoms with Crippen LogP contribution in [0, 0.1) is 5.92 Å². The molecule has 0 saturated heterocycles. The van der Waals surface area contributed by atoms with E-state index in [-0.39, 0.29) is 0 Å². The first kappa shape index (κ1) is 12.9. The van der Waals surface area contributed by atoms with Gasteiger partial charge < -0.3 is 10.6 Å². The van der Waals surface area contributed by atoms with E-state index in [2.05, 4.69) is 32.8 Å². The molecule has 0 aliphatic heterocycles. The van der Waals surface area contributed by atoms with Crippen molar-refractivity contribution in [1.29, 1.82) is 0 Å². The molecule has 0 aliphatic rings. The zero-order valence-corrected chi connectivity index (χ0v) is 9.71. The van der Waals surface area contributed by atoms with Gasteiger partial charge in [-0.3, -0.25) is 0 Å². The minimum Gasteiger partial charge on any atom is -0.328 e. The van der Waals surface area contributed by atoms with Crippen LogP contribution in [-0.2, 0) is 0 Å². The highest BCUT2D eigenvalue weighted by molar-refractivity contribution is 4.66. The SMILES string of the molecule is CCCC(C)CC(N)CCN(C)C. The molecular weight excluding hydrogens is 160 g/mol. The number of rotatable bonds is 7. The molecule has 0 aromatic heterocycles. The normalized spacial score (nSPS) is 16.2. The van der Waals surface area contributed by atoms with Gasteiger partial charge in [-0.15, -0.1) is 0 Å². The quantitative estimate of drug-likeness (QED) is 0.659. The first-order valence-corrected chi connectivity index (χ1v) is 5.46. The molecule has 2 heteroatoms. The van der Waals surface area contributed by atoms with E-state index >= 15 is 0 Å². The smallest absolute Gasteiger partial charge is 0.00535 e. The highest BCUT2D eigenvalue weighted by Crippen LogP contribution is 2.12. The van der Waals surface area contributed by atoms with E-state index in [0.29, 0.717) is 6.04 Å². The van der Waals surface area contributed by atoms with E-state index in [9.17, 15) is 0 Å². The van der Waals surface area contributed by atoms with Crippen molar-refractivity contribution in [1.82, 2.24) is 4.90 Å². The van der Waals surface area contributed by atoms with Crippen molar-refractivity contribution in [2.24, 2.45) is 11.7 Å². The molecule has 80 valence electrons. The van der Waals surface area contributed by atoms with Gasteiger partial charge in [0.05, 0.1) is 0 Å². The van der Waals surface area contributed by atoms with Crippen LogP contribution in [0.3, 0.4) is 0 Å². The summed E-state index contributed by atoms with van der Waals surface area (Å²) in [4.78, 5) is 2.20. The van der Waals surface area contributed by atoms with E-state index in [1.165, 1.54) is 19.3 Å². The number of hydrogen-bond acceptors (Lipinski definition) is 2. The summed E-state index contributed by atoms with van der Waals surface area (Å²) in [5, 5.41) is 0. The first-order valence-electron chi connectivity index (χ1n) is 5.46. The Morgan fingerprint density at radius 2 is 1.85 bits per heavy atom. The van der Waals surface area contributed by atoms with E-state index in [1.54, 1.807) is 0 Å². The largest absolute Gasteiger partial charge is 0.328 e. The molecule has 2 N–H and O–H groups in total. The van der Waals surface area contributed by atoms with Gasteiger partial charge in [0.2, 0.25) is 0 Å². The predicted octanol–water partition coefficient (Wildman–Crippen LogP) is 2.09. The zero-order chi connectivity index (χ0) is 10.3. The van der Waals surface area contributed by atoms with Crippen molar-refractivity contribution in [3.8, 4) is 0 Å². The third-order valence-corrected chi connectivity index (χ3v) is 2.43. The van der Waals surface area contributed by atoms with Crippen LogP contribution >= 0.6 is 0 Å². The van der Waals surface area contributed by atoms with Crippen LogP contribution in [0.15, 0.2) is 0 Å². The van der Waals surface area contributed by atoms with E-state index in [0.717, 1.165) is 18.9 Å². The Balaban J connectivity index is 3.43. The molecule has 0 amide bonds. The predicted molar refractivity (Wildman–Crippen MR) is 59.8 cm³/mol. The van der Waals surface area contributed by atoms with Gasteiger partial charge in [0, 0.05) is 6.04 Å². The monoisotopic (exact) mass is 186 g/mol. The molecule has 13 heavy (non-hydrogen) atoms. The van der Waals surface area contributed by atoms with Crippen LogP contribution in [0.1, 0.15) is 39.5 Å². The van der Waals surface area contributed by atoms with Gasteiger partial charge in [-0.2, -0.15) is 0 Å². The lowest BCUT2D eigenvalue weighted by molar-refractivity contribution is 0.350.